The fraction of sp³-hybridized carbons (Fsp3) is 0.172. The number of carbonyl (C=O) groups is 2. The van der Waals surface area contributed by atoms with Gasteiger partial charge in [0, 0.05) is 35.8 Å². The minimum atomic E-state index is -3.71. The van der Waals surface area contributed by atoms with E-state index in [0.717, 1.165) is 16.5 Å². The van der Waals surface area contributed by atoms with Crippen LogP contribution < -0.4 is 15.8 Å². The van der Waals surface area contributed by atoms with E-state index in [1.165, 1.54) is 37.4 Å². The molecular weight excluding hydrogens is 528 g/mol. The van der Waals surface area contributed by atoms with Crippen molar-refractivity contribution in [2.45, 2.75) is 18.6 Å². The summed E-state index contributed by atoms with van der Waals surface area (Å²) in [5.74, 6) is -1.61. The maximum absolute atomic E-state index is 14.1. The lowest BCUT2D eigenvalue weighted by atomic mass is 10.00. The number of rotatable bonds is 10. The summed E-state index contributed by atoms with van der Waals surface area (Å²) in [6.07, 6.45) is -1.11. The number of H-pyrrole nitrogens is 1. The molecule has 10 heteroatoms. The number of nitrogens with two attached hydrogens (primary N) is 1. The van der Waals surface area contributed by atoms with Gasteiger partial charge in [0.25, 0.3) is 5.91 Å². The number of benzene rings is 3. The fourth-order valence-corrected chi connectivity index (χ4v) is 4.41. The Labute approximate surface area is 228 Å². The Balaban J connectivity index is 1.66. The van der Waals surface area contributed by atoms with Crippen LogP contribution in [0.15, 0.2) is 79.5 Å². The van der Waals surface area contributed by atoms with Crippen molar-refractivity contribution in [3.63, 3.8) is 0 Å². The van der Waals surface area contributed by atoms with Crippen LogP contribution in [0.3, 0.4) is 0 Å². The molecule has 3 aromatic carbocycles. The molecule has 0 saturated heterocycles. The summed E-state index contributed by atoms with van der Waals surface area (Å²) in [6, 6.07) is 16.0. The molecule has 4 rings (SSSR count). The lowest BCUT2D eigenvalue weighted by Gasteiger charge is -2.20. The number of methoxy groups -OCH3 is 1. The molecule has 4 aromatic rings. The molecular formula is C29H26ClF2N3O4. The van der Waals surface area contributed by atoms with Crippen LogP contribution in [0.5, 0.6) is 5.75 Å². The monoisotopic (exact) mass is 553 g/mol. The number of para-hydroxylation sites is 1. The van der Waals surface area contributed by atoms with Crippen LogP contribution in [0.4, 0.5) is 8.78 Å². The first kappa shape index (κ1) is 27.8. The van der Waals surface area contributed by atoms with Crippen LogP contribution in [0.1, 0.15) is 26.3 Å². The van der Waals surface area contributed by atoms with Gasteiger partial charge in [-0.1, -0.05) is 48.5 Å². The van der Waals surface area contributed by atoms with Crippen molar-refractivity contribution >= 4 is 34.4 Å². The highest BCUT2D eigenvalue weighted by Gasteiger charge is 2.30. The van der Waals surface area contributed by atoms with Crippen molar-refractivity contribution < 1.29 is 27.8 Å². The Hall–Kier alpha value is -4.21. The number of aromatic nitrogens is 1. The number of hydrogen-bond donors (Lipinski definition) is 3. The van der Waals surface area contributed by atoms with Gasteiger partial charge in [-0.3, -0.25) is 4.79 Å². The number of alkyl halides is 2. The molecule has 0 radical (unpaired) electrons. The molecule has 0 fully saturated rings. The third kappa shape index (κ3) is 6.27. The second-order valence-corrected chi connectivity index (χ2v) is 9.14. The number of hydrogen-bond acceptors (Lipinski definition) is 5. The smallest absolute Gasteiger partial charge is 0.419 e. The molecule has 0 aliphatic carbocycles. The topological polar surface area (TPSA) is 106 Å². The van der Waals surface area contributed by atoms with Gasteiger partial charge in [0.2, 0.25) is 0 Å². The molecule has 0 aliphatic rings. The summed E-state index contributed by atoms with van der Waals surface area (Å²) < 4.78 is 37.7. The Bertz CT molecular complexity index is 1540. The predicted molar refractivity (Wildman–Crippen MR) is 146 cm³/mol. The van der Waals surface area contributed by atoms with E-state index in [9.17, 15) is 18.4 Å². The van der Waals surface area contributed by atoms with E-state index in [1.54, 1.807) is 6.07 Å². The number of amides is 1. The highest BCUT2D eigenvalue weighted by atomic mass is 35.5. The van der Waals surface area contributed by atoms with Gasteiger partial charge < -0.3 is 25.5 Å². The van der Waals surface area contributed by atoms with Crippen molar-refractivity contribution in [1.29, 1.82) is 0 Å². The second kappa shape index (κ2) is 11.7. The highest BCUT2D eigenvalue weighted by Crippen LogP contribution is 2.33. The molecule has 1 unspecified atom stereocenters. The van der Waals surface area contributed by atoms with Gasteiger partial charge in [0.15, 0.2) is 0 Å². The van der Waals surface area contributed by atoms with Crippen LogP contribution in [0.25, 0.3) is 22.0 Å². The Morgan fingerprint density at radius 2 is 1.85 bits per heavy atom. The first-order chi connectivity index (χ1) is 18.7. The van der Waals surface area contributed by atoms with Gasteiger partial charge >= 0.3 is 12.1 Å². The maximum atomic E-state index is 14.1. The zero-order chi connectivity index (χ0) is 28.2. The van der Waals surface area contributed by atoms with Crippen LogP contribution in [-0.4, -0.2) is 42.7 Å². The molecule has 0 spiro atoms. The van der Waals surface area contributed by atoms with E-state index in [1.807, 2.05) is 30.5 Å². The van der Waals surface area contributed by atoms with Gasteiger partial charge in [-0.05, 0) is 53.4 Å². The number of carbonyl (C=O) groups excluding carboxylic acids is 2. The molecule has 1 atom stereocenters. The van der Waals surface area contributed by atoms with Gasteiger partial charge in [-0.15, -0.1) is 0 Å². The quantitative estimate of drug-likeness (QED) is 0.172. The average molecular weight is 554 g/mol. The molecule has 1 heterocycles. The molecule has 4 N–H and O–H groups in total. The van der Waals surface area contributed by atoms with Gasteiger partial charge in [0.1, 0.15) is 5.75 Å². The number of halogens is 3. The molecule has 1 aromatic heterocycles. The maximum Gasteiger partial charge on any atom is 0.419 e. The summed E-state index contributed by atoms with van der Waals surface area (Å²) in [7, 11) is 1.24. The van der Waals surface area contributed by atoms with Crippen molar-refractivity contribution in [3.8, 4) is 16.9 Å². The first-order valence-corrected chi connectivity index (χ1v) is 12.3. The van der Waals surface area contributed by atoms with Crippen molar-refractivity contribution in [2.24, 2.45) is 5.73 Å². The van der Waals surface area contributed by atoms with E-state index >= 15 is 0 Å². The minimum absolute atomic E-state index is 0.106. The normalized spacial score (nSPS) is 12.1. The number of esters is 1. The predicted octanol–water partition coefficient (Wildman–Crippen LogP) is 5.73. The van der Waals surface area contributed by atoms with Gasteiger partial charge in [-0.25, -0.2) is 4.79 Å². The fourth-order valence-electron chi connectivity index (χ4n) is 4.16. The summed E-state index contributed by atoms with van der Waals surface area (Å²) in [5, 5.41) is 3.96. The number of fused-ring (bicyclic) bond motifs is 1. The number of ether oxygens (including phenoxy) is 2. The molecule has 0 saturated carbocycles. The second-order valence-electron chi connectivity index (χ2n) is 8.73. The molecule has 202 valence electrons. The van der Waals surface area contributed by atoms with Crippen LogP contribution in [-0.2, 0) is 11.2 Å². The largest absolute Gasteiger partial charge is 0.465 e. The molecule has 0 aliphatic heterocycles. The third-order valence-electron chi connectivity index (χ3n) is 6.18. The third-order valence-corrected chi connectivity index (χ3v) is 6.49. The van der Waals surface area contributed by atoms with Gasteiger partial charge in [0.05, 0.1) is 23.3 Å². The lowest BCUT2D eigenvalue weighted by Crippen LogP contribution is -2.42. The average Bonchev–Trinajstić information content (AvgIpc) is 3.34. The summed E-state index contributed by atoms with van der Waals surface area (Å²) >= 11 is 6.26. The summed E-state index contributed by atoms with van der Waals surface area (Å²) in [6.45, 7) is 3.19. The summed E-state index contributed by atoms with van der Waals surface area (Å²) in [4.78, 5) is 28.5. The van der Waals surface area contributed by atoms with Gasteiger partial charge in [-0.2, -0.15) is 8.78 Å². The zero-order valence-corrected chi connectivity index (χ0v) is 21.7. The van der Waals surface area contributed by atoms with E-state index in [0.29, 0.717) is 23.6 Å². The molecule has 0 bridgehead atoms. The van der Waals surface area contributed by atoms with E-state index in [4.69, 9.17) is 26.8 Å². The lowest BCUT2D eigenvalue weighted by molar-refractivity contribution is -0.131. The van der Waals surface area contributed by atoms with Crippen molar-refractivity contribution in [3.05, 3.63) is 101 Å². The molecule has 7 nitrogen and oxygen atoms in total. The highest BCUT2D eigenvalue weighted by molar-refractivity contribution is 6.33. The minimum Gasteiger partial charge on any atom is -0.465 e. The Morgan fingerprint density at radius 3 is 2.54 bits per heavy atom. The van der Waals surface area contributed by atoms with Crippen molar-refractivity contribution in [2.75, 3.05) is 13.7 Å². The van der Waals surface area contributed by atoms with E-state index in [-0.39, 0.29) is 28.4 Å². The van der Waals surface area contributed by atoms with Crippen LogP contribution in [0, 0.1) is 0 Å². The Kier molecular flexibility index (Phi) is 8.32. The standard InChI is InChI=1S/C29H26ClF2N3O4/c1-3-29(31,32)39-26-11-9-17(18-8-10-22(24(30)14-18)28(37)38-2)13-23(26)27(36)35-20(15-33)12-19-16-34-25-7-5-4-6-21(19)25/h3-11,13-14,16,20,34H,1,12,15,33H2,2H3,(H,35,36). The molecule has 1 amide bonds. The van der Waals surface area contributed by atoms with Crippen molar-refractivity contribution in [1.82, 2.24) is 10.3 Å². The number of aromatic amines is 1. The zero-order valence-electron chi connectivity index (χ0n) is 21.0. The molecule has 39 heavy (non-hydrogen) atoms. The summed E-state index contributed by atoms with van der Waals surface area (Å²) in [5.41, 5.74) is 8.90. The van der Waals surface area contributed by atoms with E-state index in [2.05, 4.69) is 16.9 Å². The van der Waals surface area contributed by atoms with Crippen LogP contribution >= 0.6 is 11.6 Å². The van der Waals surface area contributed by atoms with E-state index < -0.39 is 24.0 Å². The number of nitrogens with one attached hydrogen (secondary N) is 2. The SMILES string of the molecule is C=CC(F)(F)Oc1ccc(-c2ccc(C(=O)OC)c(Cl)c2)cc1C(=O)NC(CN)Cc1c[nH]c2ccccc12. The van der Waals surface area contributed by atoms with Crippen LogP contribution in [0.2, 0.25) is 5.02 Å². The first-order valence-electron chi connectivity index (χ1n) is 11.9. The Morgan fingerprint density at radius 1 is 1.13 bits per heavy atom.